The van der Waals surface area contributed by atoms with Crippen LogP contribution in [0.3, 0.4) is 0 Å². The minimum Gasteiger partial charge on any atom is -0.302 e. The molecule has 0 aromatic heterocycles. The number of benzene rings is 1. The van der Waals surface area contributed by atoms with Gasteiger partial charge in [-0.3, -0.25) is 0 Å². The third kappa shape index (κ3) is 1.88. The van der Waals surface area contributed by atoms with E-state index in [1.165, 1.54) is 12.1 Å². The van der Waals surface area contributed by atoms with Crippen LogP contribution in [-0.4, -0.2) is 19.5 Å². The molecule has 0 atom stereocenters. The number of carbonyl (C=O) groups excluding carboxylic acids is 1. The summed E-state index contributed by atoms with van der Waals surface area (Å²) in [6.07, 6.45) is 2.73. The van der Waals surface area contributed by atoms with Crippen LogP contribution in [0.25, 0.3) is 0 Å². The van der Waals surface area contributed by atoms with Gasteiger partial charge in [-0.25, -0.2) is 12.8 Å². The maximum Gasteiger partial charge on any atom is 0.190 e. The van der Waals surface area contributed by atoms with Crippen LogP contribution in [0, 0.1) is 5.82 Å². The van der Waals surface area contributed by atoms with E-state index < -0.39 is 20.4 Å². The molecule has 2 rings (SSSR count). The zero-order valence-electron chi connectivity index (χ0n) is 9.23. The molecule has 0 N–H and O–H groups in total. The lowest BCUT2D eigenvalue weighted by molar-refractivity contribution is -0.109. The Morgan fingerprint density at radius 1 is 1.12 bits per heavy atom. The fraction of sp³-hybridized carbons (Fsp3) is 0.417. The van der Waals surface area contributed by atoms with Crippen LogP contribution in [-0.2, 0) is 14.6 Å². The summed E-state index contributed by atoms with van der Waals surface area (Å²) in [6, 6.07) is 4.63. The molecule has 0 spiro atoms. The standard InChI is InChI=1S/C12H13FO3S/c13-10-3-5-11(6-4-10)17(15,16)12(9-14)7-1-2-8-12/h3-6,9H,1-2,7-8H2. The molecule has 0 amide bonds. The first-order valence-electron chi connectivity index (χ1n) is 5.48. The van der Waals surface area contributed by atoms with E-state index in [1.807, 2.05) is 0 Å². The van der Waals surface area contributed by atoms with Gasteiger partial charge >= 0.3 is 0 Å². The Morgan fingerprint density at radius 3 is 2.12 bits per heavy atom. The topological polar surface area (TPSA) is 51.2 Å². The largest absolute Gasteiger partial charge is 0.302 e. The Bertz CT molecular complexity index is 513. The van der Waals surface area contributed by atoms with Crippen molar-refractivity contribution in [3.8, 4) is 0 Å². The molecule has 1 aromatic carbocycles. The molecule has 0 radical (unpaired) electrons. The lowest BCUT2D eigenvalue weighted by Gasteiger charge is -2.22. The highest BCUT2D eigenvalue weighted by molar-refractivity contribution is 7.93. The van der Waals surface area contributed by atoms with Crippen LogP contribution in [0.1, 0.15) is 25.7 Å². The second-order valence-electron chi connectivity index (χ2n) is 4.35. The van der Waals surface area contributed by atoms with Crippen molar-refractivity contribution in [1.82, 2.24) is 0 Å². The molecule has 0 unspecified atom stereocenters. The zero-order chi connectivity index (χ0) is 12.5. The number of halogens is 1. The maximum atomic E-state index is 12.8. The minimum absolute atomic E-state index is 0.0212. The summed E-state index contributed by atoms with van der Waals surface area (Å²) >= 11 is 0. The Labute approximate surface area is 99.6 Å². The number of carbonyl (C=O) groups is 1. The highest BCUT2D eigenvalue weighted by Crippen LogP contribution is 2.38. The SMILES string of the molecule is O=CC1(S(=O)(=O)c2ccc(F)cc2)CCCC1. The Balaban J connectivity index is 2.48. The molecule has 92 valence electrons. The van der Waals surface area contributed by atoms with E-state index in [0.29, 0.717) is 19.1 Å². The summed E-state index contributed by atoms with van der Waals surface area (Å²) in [6.45, 7) is 0. The Morgan fingerprint density at radius 2 is 1.65 bits per heavy atom. The van der Waals surface area contributed by atoms with Gasteiger partial charge in [-0.1, -0.05) is 12.8 Å². The number of rotatable bonds is 3. The normalized spacial score (nSPS) is 19.1. The predicted molar refractivity (Wildman–Crippen MR) is 60.8 cm³/mol. The Kier molecular flexibility index (Phi) is 3.03. The summed E-state index contributed by atoms with van der Waals surface area (Å²) in [7, 11) is -3.70. The van der Waals surface area contributed by atoms with E-state index in [-0.39, 0.29) is 4.90 Å². The molecule has 5 heteroatoms. The average molecular weight is 256 g/mol. The molecule has 1 aliphatic carbocycles. The van der Waals surface area contributed by atoms with Crippen LogP contribution >= 0.6 is 0 Å². The molecule has 1 aliphatic rings. The third-order valence-electron chi connectivity index (χ3n) is 3.32. The molecule has 1 aromatic rings. The molecule has 1 saturated carbocycles. The highest BCUT2D eigenvalue weighted by atomic mass is 32.2. The van der Waals surface area contributed by atoms with Gasteiger partial charge in [-0.05, 0) is 37.1 Å². The van der Waals surface area contributed by atoms with E-state index in [1.54, 1.807) is 0 Å². The van der Waals surface area contributed by atoms with Crippen molar-refractivity contribution < 1.29 is 17.6 Å². The monoisotopic (exact) mass is 256 g/mol. The summed E-state index contributed by atoms with van der Waals surface area (Å²) in [5, 5.41) is 0. The molecule has 3 nitrogen and oxygen atoms in total. The quantitative estimate of drug-likeness (QED) is 0.614. The zero-order valence-corrected chi connectivity index (χ0v) is 10.0. The van der Waals surface area contributed by atoms with E-state index in [2.05, 4.69) is 0 Å². The Hall–Kier alpha value is -1.23. The second kappa shape index (κ2) is 4.22. The molecule has 17 heavy (non-hydrogen) atoms. The van der Waals surface area contributed by atoms with E-state index in [9.17, 15) is 17.6 Å². The molecule has 0 bridgehead atoms. The predicted octanol–water partition coefficient (Wildman–Crippen LogP) is 2.11. The van der Waals surface area contributed by atoms with Crippen LogP contribution in [0.2, 0.25) is 0 Å². The van der Waals surface area contributed by atoms with Crippen molar-refractivity contribution in [1.29, 1.82) is 0 Å². The van der Waals surface area contributed by atoms with Gasteiger partial charge in [-0.2, -0.15) is 0 Å². The van der Waals surface area contributed by atoms with Crippen LogP contribution in [0.5, 0.6) is 0 Å². The molecular weight excluding hydrogens is 243 g/mol. The number of hydrogen-bond acceptors (Lipinski definition) is 3. The summed E-state index contributed by atoms with van der Waals surface area (Å²) < 4.78 is 36.2. The van der Waals surface area contributed by atoms with Gasteiger partial charge in [0.1, 0.15) is 16.9 Å². The van der Waals surface area contributed by atoms with Gasteiger partial charge in [0, 0.05) is 0 Å². The third-order valence-corrected chi connectivity index (χ3v) is 5.79. The summed E-state index contributed by atoms with van der Waals surface area (Å²) in [5.74, 6) is -0.490. The van der Waals surface area contributed by atoms with Crippen molar-refractivity contribution in [3.05, 3.63) is 30.1 Å². The highest BCUT2D eigenvalue weighted by Gasteiger charge is 2.46. The molecule has 0 heterocycles. The molecule has 0 aliphatic heterocycles. The number of aldehydes is 1. The molecule has 0 saturated heterocycles. The maximum absolute atomic E-state index is 12.8. The minimum atomic E-state index is -3.70. The van der Waals surface area contributed by atoms with Crippen LogP contribution < -0.4 is 0 Å². The van der Waals surface area contributed by atoms with Gasteiger partial charge in [0.05, 0.1) is 4.90 Å². The average Bonchev–Trinajstić information content (AvgIpc) is 2.79. The van der Waals surface area contributed by atoms with Crippen LogP contribution in [0.4, 0.5) is 4.39 Å². The van der Waals surface area contributed by atoms with Crippen molar-refractivity contribution in [3.63, 3.8) is 0 Å². The second-order valence-corrected chi connectivity index (χ2v) is 6.64. The smallest absolute Gasteiger partial charge is 0.190 e. The molecule has 1 fully saturated rings. The number of sulfone groups is 1. The first-order chi connectivity index (χ1) is 8.02. The van der Waals surface area contributed by atoms with Gasteiger partial charge < -0.3 is 4.79 Å². The van der Waals surface area contributed by atoms with Gasteiger partial charge in [0.15, 0.2) is 9.84 Å². The lowest BCUT2D eigenvalue weighted by atomic mass is 10.1. The van der Waals surface area contributed by atoms with Crippen molar-refractivity contribution >= 4 is 16.1 Å². The summed E-state index contributed by atoms with van der Waals surface area (Å²) in [4.78, 5) is 11.2. The van der Waals surface area contributed by atoms with Crippen molar-refractivity contribution in [2.45, 2.75) is 35.3 Å². The lowest BCUT2D eigenvalue weighted by Crippen LogP contribution is -2.37. The van der Waals surface area contributed by atoms with E-state index in [4.69, 9.17) is 0 Å². The summed E-state index contributed by atoms with van der Waals surface area (Å²) in [5.41, 5.74) is 0. The fourth-order valence-corrected chi connectivity index (χ4v) is 4.19. The van der Waals surface area contributed by atoms with Crippen molar-refractivity contribution in [2.75, 3.05) is 0 Å². The van der Waals surface area contributed by atoms with Gasteiger partial charge in [-0.15, -0.1) is 0 Å². The van der Waals surface area contributed by atoms with E-state index >= 15 is 0 Å². The van der Waals surface area contributed by atoms with E-state index in [0.717, 1.165) is 25.0 Å². The molecular formula is C12H13FO3S. The first kappa shape index (κ1) is 12.2. The van der Waals surface area contributed by atoms with Gasteiger partial charge in [0.25, 0.3) is 0 Å². The fourth-order valence-electron chi connectivity index (χ4n) is 2.27. The van der Waals surface area contributed by atoms with Crippen molar-refractivity contribution in [2.24, 2.45) is 0 Å². The first-order valence-corrected chi connectivity index (χ1v) is 6.97. The van der Waals surface area contributed by atoms with Crippen LogP contribution in [0.15, 0.2) is 29.2 Å². The number of hydrogen-bond donors (Lipinski definition) is 0. The van der Waals surface area contributed by atoms with Gasteiger partial charge in [0.2, 0.25) is 0 Å².